The summed E-state index contributed by atoms with van der Waals surface area (Å²) < 4.78 is 65.5. The van der Waals surface area contributed by atoms with E-state index >= 15 is 0 Å². The fraction of sp³-hybridized carbons (Fsp3) is 0.391. The van der Waals surface area contributed by atoms with Gasteiger partial charge in [0.25, 0.3) is 0 Å². The number of halogens is 3. The monoisotopic (exact) mass is 495 g/mol. The Morgan fingerprint density at radius 2 is 1.68 bits per heavy atom. The molecule has 182 valence electrons. The molecule has 1 saturated heterocycles. The van der Waals surface area contributed by atoms with Crippen molar-refractivity contribution >= 4 is 33.2 Å². The Hall–Kier alpha value is -2.92. The van der Waals surface area contributed by atoms with Crippen LogP contribution in [0.2, 0.25) is 0 Å². The van der Waals surface area contributed by atoms with E-state index < -0.39 is 33.1 Å². The molecular formula is C23H24F3N3O4S. The van der Waals surface area contributed by atoms with Crippen molar-refractivity contribution < 1.29 is 31.2 Å². The van der Waals surface area contributed by atoms with Gasteiger partial charge in [-0.1, -0.05) is 0 Å². The second kappa shape index (κ2) is 8.38. The van der Waals surface area contributed by atoms with Crippen molar-refractivity contribution in [3.63, 3.8) is 0 Å². The first kappa shape index (κ1) is 24.2. The van der Waals surface area contributed by atoms with Crippen LogP contribution in [0.5, 0.6) is 0 Å². The highest BCUT2D eigenvalue weighted by atomic mass is 32.2. The third-order valence-corrected chi connectivity index (χ3v) is 8.11. The van der Waals surface area contributed by atoms with Gasteiger partial charge in [-0.2, -0.15) is 17.5 Å². The molecule has 0 aromatic heterocycles. The molecule has 0 atom stereocenters. The van der Waals surface area contributed by atoms with Gasteiger partial charge < -0.3 is 10.2 Å². The maximum absolute atomic E-state index is 13.1. The highest BCUT2D eigenvalue weighted by molar-refractivity contribution is 7.89. The minimum atomic E-state index is -4.49. The first-order chi connectivity index (χ1) is 15.8. The van der Waals surface area contributed by atoms with Crippen LogP contribution in [-0.4, -0.2) is 44.2 Å². The maximum Gasteiger partial charge on any atom is 0.416 e. The van der Waals surface area contributed by atoms with E-state index in [-0.39, 0.29) is 23.0 Å². The molecule has 4 rings (SSSR count). The topological polar surface area (TPSA) is 86.8 Å². The Labute approximate surface area is 195 Å². The summed E-state index contributed by atoms with van der Waals surface area (Å²) in [6.45, 7) is 3.87. The van der Waals surface area contributed by atoms with Crippen LogP contribution in [-0.2, 0) is 31.2 Å². The number of anilines is 2. The number of carbonyl (C=O) groups is 2. The molecule has 0 spiro atoms. The smallest absolute Gasteiger partial charge is 0.325 e. The van der Waals surface area contributed by atoms with Crippen molar-refractivity contribution in [1.29, 1.82) is 0 Å². The number of nitrogens with zero attached hydrogens (tertiary/aromatic N) is 2. The summed E-state index contributed by atoms with van der Waals surface area (Å²) in [5, 5.41) is 2.50. The zero-order valence-electron chi connectivity index (χ0n) is 18.6. The van der Waals surface area contributed by atoms with E-state index in [1.807, 2.05) is 0 Å². The number of sulfonamides is 1. The number of benzene rings is 2. The molecule has 2 amide bonds. The van der Waals surface area contributed by atoms with Gasteiger partial charge in [-0.05, 0) is 74.7 Å². The third-order valence-electron chi connectivity index (χ3n) is 6.21. The fourth-order valence-corrected chi connectivity index (χ4v) is 5.84. The number of hydrogen-bond donors (Lipinski definition) is 1. The van der Waals surface area contributed by atoms with Crippen LogP contribution in [0.25, 0.3) is 0 Å². The SMILES string of the molecule is CC1(C)C(=O)N(CC(=O)Nc2ccc(C(F)(F)F)cc2)c2ccc(S(=O)(=O)N3CCCC3)cc21. The summed E-state index contributed by atoms with van der Waals surface area (Å²) in [5.74, 6) is -0.966. The van der Waals surface area contributed by atoms with Gasteiger partial charge in [0.05, 0.1) is 15.9 Å². The predicted octanol–water partition coefficient (Wildman–Crippen LogP) is 3.75. The first-order valence-corrected chi connectivity index (χ1v) is 12.2. The summed E-state index contributed by atoms with van der Waals surface area (Å²) in [5.41, 5.74) is -0.801. The lowest BCUT2D eigenvalue weighted by Gasteiger charge is -2.20. The van der Waals surface area contributed by atoms with Crippen molar-refractivity contribution in [2.24, 2.45) is 0 Å². The van der Waals surface area contributed by atoms with Crippen LogP contribution in [0.4, 0.5) is 24.5 Å². The van der Waals surface area contributed by atoms with E-state index in [4.69, 9.17) is 0 Å². The summed E-state index contributed by atoms with van der Waals surface area (Å²) >= 11 is 0. The molecule has 0 radical (unpaired) electrons. The molecule has 0 bridgehead atoms. The first-order valence-electron chi connectivity index (χ1n) is 10.8. The third kappa shape index (κ3) is 4.29. The van der Waals surface area contributed by atoms with Gasteiger partial charge in [0.2, 0.25) is 21.8 Å². The van der Waals surface area contributed by atoms with Crippen molar-refractivity contribution in [3.05, 3.63) is 53.6 Å². The van der Waals surface area contributed by atoms with E-state index in [0.717, 1.165) is 37.1 Å². The molecule has 0 aliphatic carbocycles. The van der Waals surface area contributed by atoms with Crippen LogP contribution in [0.15, 0.2) is 47.4 Å². The highest BCUT2D eigenvalue weighted by Crippen LogP contribution is 2.43. The van der Waals surface area contributed by atoms with Gasteiger partial charge in [-0.25, -0.2) is 8.42 Å². The minimum Gasteiger partial charge on any atom is -0.325 e. The molecule has 1 N–H and O–H groups in total. The van der Waals surface area contributed by atoms with Crippen molar-refractivity contribution in [3.8, 4) is 0 Å². The molecule has 2 aliphatic rings. The summed E-state index contributed by atoms with van der Waals surface area (Å²) in [6, 6.07) is 8.45. The van der Waals surface area contributed by atoms with Crippen LogP contribution < -0.4 is 10.2 Å². The second-order valence-electron chi connectivity index (χ2n) is 8.93. The predicted molar refractivity (Wildman–Crippen MR) is 120 cm³/mol. The molecular weight excluding hydrogens is 471 g/mol. The normalized spacial score (nSPS) is 18.3. The molecule has 1 fully saturated rings. The van der Waals surface area contributed by atoms with Crippen LogP contribution in [0.3, 0.4) is 0 Å². The van der Waals surface area contributed by atoms with Crippen LogP contribution >= 0.6 is 0 Å². The molecule has 0 saturated carbocycles. The van der Waals surface area contributed by atoms with E-state index in [0.29, 0.717) is 24.3 Å². The van der Waals surface area contributed by atoms with Gasteiger partial charge in [0.1, 0.15) is 6.54 Å². The average Bonchev–Trinajstić information content (AvgIpc) is 3.37. The average molecular weight is 496 g/mol. The molecule has 2 aliphatic heterocycles. The van der Waals surface area contributed by atoms with E-state index in [9.17, 15) is 31.2 Å². The molecule has 34 heavy (non-hydrogen) atoms. The zero-order chi connectivity index (χ0) is 24.9. The highest BCUT2D eigenvalue weighted by Gasteiger charge is 2.45. The Kier molecular flexibility index (Phi) is 5.97. The van der Waals surface area contributed by atoms with Gasteiger partial charge in [0, 0.05) is 24.5 Å². The van der Waals surface area contributed by atoms with Crippen LogP contribution in [0, 0.1) is 0 Å². The summed E-state index contributed by atoms with van der Waals surface area (Å²) in [4.78, 5) is 27.1. The Morgan fingerprint density at radius 1 is 1.06 bits per heavy atom. The minimum absolute atomic E-state index is 0.102. The lowest BCUT2D eigenvalue weighted by molar-refractivity contribution is -0.137. The number of rotatable bonds is 5. The number of nitrogens with one attached hydrogen (secondary N) is 1. The van der Waals surface area contributed by atoms with E-state index in [1.165, 1.54) is 27.4 Å². The molecule has 2 heterocycles. The van der Waals surface area contributed by atoms with Crippen molar-refractivity contribution in [2.75, 3.05) is 29.9 Å². The Morgan fingerprint density at radius 3 is 2.26 bits per heavy atom. The number of alkyl halides is 3. The lowest BCUT2D eigenvalue weighted by Crippen LogP contribution is -2.40. The maximum atomic E-state index is 13.1. The van der Waals surface area contributed by atoms with Crippen molar-refractivity contribution in [1.82, 2.24) is 4.31 Å². The quantitative estimate of drug-likeness (QED) is 0.685. The number of carbonyl (C=O) groups excluding carboxylic acids is 2. The fourth-order valence-electron chi connectivity index (χ4n) is 4.29. The molecule has 7 nitrogen and oxygen atoms in total. The number of fused-ring (bicyclic) bond motifs is 1. The second-order valence-corrected chi connectivity index (χ2v) is 10.9. The standard InChI is InChI=1S/C23H24F3N3O4S/c1-22(2)18-13-17(34(32,33)28-11-3-4-12-28)9-10-19(18)29(21(22)31)14-20(30)27-16-7-5-15(6-8-16)23(24,25)26/h5-10,13H,3-4,11-12,14H2,1-2H3,(H,27,30). The number of amides is 2. The van der Waals surface area contributed by atoms with Crippen LogP contribution in [0.1, 0.15) is 37.8 Å². The Bertz CT molecular complexity index is 1240. The number of hydrogen-bond acceptors (Lipinski definition) is 4. The van der Waals surface area contributed by atoms with Gasteiger partial charge in [-0.15, -0.1) is 0 Å². The molecule has 2 aromatic carbocycles. The van der Waals surface area contributed by atoms with Crippen molar-refractivity contribution in [2.45, 2.75) is 43.2 Å². The van der Waals surface area contributed by atoms with E-state index in [1.54, 1.807) is 13.8 Å². The summed E-state index contributed by atoms with van der Waals surface area (Å²) in [7, 11) is -3.68. The zero-order valence-corrected chi connectivity index (χ0v) is 19.5. The van der Waals surface area contributed by atoms with E-state index in [2.05, 4.69) is 5.32 Å². The van der Waals surface area contributed by atoms with Gasteiger partial charge in [0.15, 0.2) is 0 Å². The lowest BCUT2D eigenvalue weighted by atomic mass is 9.86. The molecule has 0 unspecified atom stereocenters. The molecule has 11 heteroatoms. The van der Waals surface area contributed by atoms with Gasteiger partial charge >= 0.3 is 6.18 Å². The largest absolute Gasteiger partial charge is 0.416 e. The van der Waals surface area contributed by atoms with Gasteiger partial charge in [-0.3, -0.25) is 9.59 Å². The molecule has 2 aromatic rings. The Balaban J connectivity index is 1.55. The summed E-state index contributed by atoms with van der Waals surface area (Å²) in [6.07, 6.45) is -2.88.